The summed E-state index contributed by atoms with van der Waals surface area (Å²) in [5.74, 6) is -0.767. The molecule has 7 heteroatoms. The lowest BCUT2D eigenvalue weighted by Gasteiger charge is -2.14. The fourth-order valence-electron chi connectivity index (χ4n) is 3.47. The molecule has 0 aliphatic carbocycles. The summed E-state index contributed by atoms with van der Waals surface area (Å²) in [6, 6.07) is 20.9. The van der Waals surface area contributed by atoms with Crippen molar-refractivity contribution in [2.75, 3.05) is 18.7 Å². The summed E-state index contributed by atoms with van der Waals surface area (Å²) in [5, 5.41) is 3.43. The van der Waals surface area contributed by atoms with Gasteiger partial charge in [0.1, 0.15) is 0 Å². The van der Waals surface area contributed by atoms with Crippen LogP contribution in [0.25, 0.3) is 22.4 Å². The smallest absolute Gasteiger partial charge is 0.256 e. The number of halogens is 2. The molecule has 1 amide bonds. The van der Waals surface area contributed by atoms with E-state index in [1.165, 1.54) is 18.9 Å². The Bertz CT molecular complexity index is 1320. The Kier molecular flexibility index (Phi) is 6.96. The van der Waals surface area contributed by atoms with E-state index in [2.05, 4.69) is 10.3 Å². The topological polar surface area (TPSA) is 51.2 Å². The van der Waals surface area contributed by atoms with Gasteiger partial charge in [-0.25, -0.2) is 4.39 Å². The van der Waals surface area contributed by atoms with Crippen LogP contribution in [0.3, 0.4) is 0 Å². The number of ether oxygens (including phenoxy) is 1. The highest BCUT2D eigenvalue weighted by Crippen LogP contribution is 2.35. The van der Waals surface area contributed by atoms with Gasteiger partial charge in [-0.15, -0.1) is 11.8 Å². The van der Waals surface area contributed by atoms with Crippen LogP contribution < -0.4 is 10.1 Å². The van der Waals surface area contributed by atoms with Gasteiger partial charge in [-0.05, 0) is 66.4 Å². The SMILES string of the molecule is COc1cccc(-c2cc(SC)ccc2C(=O)Nc2ccc(Cl)c(-c3ccccn3)c2)c1F. The third kappa shape index (κ3) is 4.87. The summed E-state index contributed by atoms with van der Waals surface area (Å²) in [7, 11) is 1.41. The van der Waals surface area contributed by atoms with E-state index in [4.69, 9.17) is 16.3 Å². The van der Waals surface area contributed by atoms with Crippen LogP contribution in [0.15, 0.2) is 83.9 Å². The maximum Gasteiger partial charge on any atom is 0.256 e. The maximum atomic E-state index is 15.1. The number of carbonyl (C=O) groups excluding carboxylic acids is 1. The number of rotatable bonds is 6. The van der Waals surface area contributed by atoms with E-state index in [-0.39, 0.29) is 11.7 Å². The van der Waals surface area contributed by atoms with Crippen molar-refractivity contribution < 1.29 is 13.9 Å². The molecule has 166 valence electrons. The minimum atomic E-state index is -0.517. The third-order valence-corrected chi connectivity index (χ3v) is 6.16. The van der Waals surface area contributed by atoms with Crippen molar-refractivity contribution in [2.45, 2.75) is 4.90 Å². The Labute approximate surface area is 200 Å². The first kappa shape index (κ1) is 22.8. The van der Waals surface area contributed by atoms with Gasteiger partial charge in [0.05, 0.1) is 17.8 Å². The van der Waals surface area contributed by atoms with Crippen LogP contribution in [-0.4, -0.2) is 24.3 Å². The van der Waals surface area contributed by atoms with Crippen molar-refractivity contribution in [1.29, 1.82) is 0 Å². The molecule has 0 aliphatic heterocycles. The highest BCUT2D eigenvalue weighted by molar-refractivity contribution is 7.98. The van der Waals surface area contributed by atoms with E-state index in [0.717, 1.165) is 4.90 Å². The first-order chi connectivity index (χ1) is 16.0. The van der Waals surface area contributed by atoms with Gasteiger partial charge in [0, 0.05) is 33.5 Å². The number of aromatic nitrogens is 1. The molecule has 4 nitrogen and oxygen atoms in total. The second kappa shape index (κ2) is 10.1. The average Bonchev–Trinajstić information content (AvgIpc) is 2.85. The molecule has 4 rings (SSSR count). The molecule has 0 saturated carbocycles. The number of methoxy groups -OCH3 is 1. The minimum absolute atomic E-state index is 0.117. The molecule has 4 aromatic rings. The Hall–Kier alpha value is -3.35. The van der Waals surface area contributed by atoms with Crippen LogP contribution in [0.4, 0.5) is 10.1 Å². The molecule has 0 aliphatic rings. The van der Waals surface area contributed by atoms with Crippen LogP contribution in [0, 0.1) is 5.82 Å². The van der Waals surface area contributed by atoms with Crippen LogP contribution >= 0.6 is 23.4 Å². The summed E-state index contributed by atoms with van der Waals surface area (Å²) in [6.07, 6.45) is 3.60. The molecule has 1 heterocycles. The van der Waals surface area contributed by atoms with Crippen LogP contribution in [0.2, 0.25) is 5.02 Å². The molecule has 1 aromatic heterocycles. The fourth-order valence-corrected chi connectivity index (χ4v) is 4.12. The number of hydrogen-bond donors (Lipinski definition) is 1. The van der Waals surface area contributed by atoms with Gasteiger partial charge in [-0.3, -0.25) is 9.78 Å². The molecule has 33 heavy (non-hydrogen) atoms. The second-order valence-electron chi connectivity index (χ2n) is 7.10. The third-order valence-electron chi connectivity index (χ3n) is 5.11. The first-order valence-electron chi connectivity index (χ1n) is 10.0. The number of nitrogens with zero attached hydrogens (tertiary/aromatic N) is 1. The second-order valence-corrected chi connectivity index (χ2v) is 8.38. The van der Waals surface area contributed by atoms with Gasteiger partial charge >= 0.3 is 0 Å². The number of amides is 1. The van der Waals surface area contributed by atoms with E-state index < -0.39 is 5.82 Å². The lowest BCUT2D eigenvalue weighted by molar-refractivity contribution is 0.102. The van der Waals surface area contributed by atoms with Gasteiger partial charge in [0.15, 0.2) is 11.6 Å². The Balaban J connectivity index is 1.73. The predicted octanol–water partition coefficient (Wildman–Crippen LogP) is 7.19. The Morgan fingerprint density at radius 2 is 1.85 bits per heavy atom. The number of pyridine rings is 1. The molecule has 0 unspecified atom stereocenters. The van der Waals surface area contributed by atoms with Gasteiger partial charge in [-0.2, -0.15) is 0 Å². The largest absolute Gasteiger partial charge is 0.494 e. The summed E-state index contributed by atoms with van der Waals surface area (Å²) in [5.41, 5.74) is 3.06. The van der Waals surface area contributed by atoms with Gasteiger partial charge < -0.3 is 10.1 Å². The van der Waals surface area contributed by atoms with E-state index in [1.54, 1.807) is 54.7 Å². The monoisotopic (exact) mass is 478 g/mol. The molecule has 0 spiro atoms. The van der Waals surface area contributed by atoms with Crippen molar-refractivity contribution in [2.24, 2.45) is 0 Å². The van der Waals surface area contributed by atoms with Crippen molar-refractivity contribution in [3.8, 4) is 28.1 Å². The van der Waals surface area contributed by atoms with E-state index in [0.29, 0.717) is 38.7 Å². The first-order valence-corrected chi connectivity index (χ1v) is 11.7. The van der Waals surface area contributed by atoms with Crippen molar-refractivity contribution in [3.05, 3.63) is 95.4 Å². The number of nitrogens with one attached hydrogen (secondary N) is 1. The summed E-state index contributed by atoms with van der Waals surface area (Å²) < 4.78 is 20.2. The highest BCUT2D eigenvalue weighted by Gasteiger charge is 2.19. The molecule has 0 atom stereocenters. The zero-order chi connectivity index (χ0) is 23.4. The van der Waals surface area contributed by atoms with Crippen molar-refractivity contribution in [1.82, 2.24) is 4.98 Å². The fraction of sp³-hybridized carbons (Fsp3) is 0.0769. The molecular weight excluding hydrogens is 459 g/mol. The van der Waals surface area contributed by atoms with Crippen molar-refractivity contribution >= 4 is 35.0 Å². The lowest BCUT2D eigenvalue weighted by atomic mass is 9.98. The minimum Gasteiger partial charge on any atom is -0.494 e. The number of thioether (sulfide) groups is 1. The van der Waals surface area contributed by atoms with Gasteiger partial charge in [-0.1, -0.05) is 29.8 Å². The highest BCUT2D eigenvalue weighted by atomic mass is 35.5. The zero-order valence-electron chi connectivity index (χ0n) is 17.9. The number of anilines is 1. The van der Waals surface area contributed by atoms with Crippen molar-refractivity contribution in [3.63, 3.8) is 0 Å². The molecule has 1 N–H and O–H groups in total. The number of hydrogen-bond acceptors (Lipinski definition) is 4. The standard InChI is InChI=1S/C26H20ClFN2O2S/c1-32-24-8-5-6-18(25(24)28)20-15-17(33-2)10-11-19(20)26(31)30-16-9-12-22(27)21(14-16)23-7-3-4-13-29-23/h3-15H,1-2H3,(H,30,31). The van der Waals surface area contributed by atoms with Gasteiger partial charge in [0.2, 0.25) is 0 Å². The molecule has 3 aromatic carbocycles. The number of carbonyl (C=O) groups is 1. The summed E-state index contributed by atoms with van der Waals surface area (Å²) in [6.45, 7) is 0. The van der Waals surface area contributed by atoms with Crippen LogP contribution in [-0.2, 0) is 0 Å². The van der Waals surface area contributed by atoms with Gasteiger partial charge in [0.25, 0.3) is 5.91 Å². The molecule has 0 saturated heterocycles. The normalized spacial score (nSPS) is 10.7. The zero-order valence-corrected chi connectivity index (χ0v) is 19.5. The molecule has 0 fully saturated rings. The van der Waals surface area contributed by atoms with E-state index >= 15 is 4.39 Å². The van der Waals surface area contributed by atoms with Crippen LogP contribution in [0.1, 0.15) is 10.4 Å². The quantitative estimate of drug-likeness (QED) is 0.298. The molecular formula is C26H20ClFN2O2S. The number of benzene rings is 3. The summed E-state index contributed by atoms with van der Waals surface area (Å²) >= 11 is 7.87. The van der Waals surface area contributed by atoms with E-state index in [9.17, 15) is 4.79 Å². The Morgan fingerprint density at radius 3 is 2.58 bits per heavy atom. The molecule has 0 radical (unpaired) electrons. The summed E-state index contributed by atoms with van der Waals surface area (Å²) in [4.78, 5) is 18.5. The Morgan fingerprint density at radius 1 is 1.00 bits per heavy atom. The predicted molar refractivity (Wildman–Crippen MR) is 133 cm³/mol. The van der Waals surface area contributed by atoms with E-state index in [1.807, 2.05) is 30.5 Å². The molecule has 0 bridgehead atoms. The lowest BCUT2D eigenvalue weighted by Crippen LogP contribution is -2.13. The average molecular weight is 479 g/mol. The van der Waals surface area contributed by atoms with Crippen LogP contribution in [0.5, 0.6) is 5.75 Å². The maximum absolute atomic E-state index is 15.1.